The molecule has 5 heteroatoms. The van der Waals surface area contributed by atoms with E-state index in [9.17, 15) is 0 Å². The van der Waals surface area contributed by atoms with Gasteiger partial charge < -0.3 is 25.3 Å². The third-order valence-electron chi connectivity index (χ3n) is 3.52. The first kappa shape index (κ1) is 12.6. The first-order valence-corrected chi connectivity index (χ1v) is 6.60. The minimum Gasteiger partial charge on any atom is -0.489 e. The molecule has 2 aliphatic rings. The van der Waals surface area contributed by atoms with Crippen LogP contribution in [-0.2, 0) is 9.47 Å². The number of nitrogens with two attached hydrogens (primary N) is 1. The van der Waals surface area contributed by atoms with Crippen molar-refractivity contribution in [2.45, 2.75) is 13.0 Å². The van der Waals surface area contributed by atoms with Crippen LogP contribution in [0, 0.1) is 5.41 Å². The summed E-state index contributed by atoms with van der Waals surface area (Å²) < 4.78 is 16.9. The molecule has 19 heavy (non-hydrogen) atoms. The monoisotopic (exact) mass is 264 g/mol. The maximum atomic E-state index is 5.93. The summed E-state index contributed by atoms with van der Waals surface area (Å²) in [6, 6.07) is 5.62. The Morgan fingerprint density at radius 1 is 1.47 bits per heavy atom. The molecular formula is C14H20N2O3. The fourth-order valence-electron chi connectivity index (χ4n) is 2.24. The summed E-state index contributed by atoms with van der Waals surface area (Å²) >= 11 is 0. The van der Waals surface area contributed by atoms with E-state index in [1.54, 1.807) is 0 Å². The maximum Gasteiger partial charge on any atom is 0.142 e. The lowest BCUT2D eigenvalue weighted by Gasteiger charge is -2.38. The summed E-state index contributed by atoms with van der Waals surface area (Å²) in [5.74, 6) is 0.832. The quantitative estimate of drug-likeness (QED) is 0.810. The van der Waals surface area contributed by atoms with Crippen LogP contribution in [0.1, 0.15) is 6.92 Å². The van der Waals surface area contributed by atoms with E-state index in [0.29, 0.717) is 13.2 Å². The van der Waals surface area contributed by atoms with Gasteiger partial charge in [-0.15, -0.1) is 0 Å². The van der Waals surface area contributed by atoms with Gasteiger partial charge in [0.1, 0.15) is 18.5 Å². The largest absolute Gasteiger partial charge is 0.489 e. The van der Waals surface area contributed by atoms with Crippen molar-refractivity contribution >= 4 is 11.4 Å². The van der Waals surface area contributed by atoms with Gasteiger partial charge in [-0.3, -0.25) is 0 Å². The first-order chi connectivity index (χ1) is 9.15. The van der Waals surface area contributed by atoms with Crippen LogP contribution in [0.4, 0.5) is 11.4 Å². The highest BCUT2D eigenvalue weighted by Crippen LogP contribution is 2.30. The fourth-order valence-corrected chi connectivity index (χ4v) is 2.24. The van der Waals surface area contributed by atoms with Gasteiger partial charge in [0, 0.05) is 17.6 Å². The topological polar surface area (TPSA) is 65.7 Å². The number of hydrogen-bond acceptors (Lipinski definition) is 5. The second-order valence-corrected chi connectivity index (χ2v) is 5.68. The van der Waals surface area contributed by atoms with Crippen molar-refractivity contribution in [3.63, 3.8) is 0 Å². The molecule has 0 saturated carbocycles. The van der Waals surface area contributed by atoms with E-state index in [1.165, 1.54) is 0 Å². The average molecular weight is 264 g/mol. The highest BCUT2D eigenvalue weighted by atomic mass is 16.5. The zero-order valence-corrected chi connectivity index (χ0v) is 11.1. The third-order valence-corrected chi connectivity index (χ3v) is 3.52. The molecule has 2 heterocycles. The Balaban J connectivity index is 1.57. The molecule has 1 atom stereocenters. The SMILES string of the molecule is CC1(COC2CNc3cc(N)ccc3OC2)COC1. The molecule has 1 aromatic carbocycles. The average Bonchev–Trinajstić information content (AvgIpc) is 2.56. The lowest BCUT2D eigenvalue weighted by Crippen LogP contribution is -2.45. The standard InChI is InChI=1S/C14H20N2O3/c1-14(7-17-8-14)9-19-11-5-16-12-4-10(15)2-3-13(12)18-6-11/h2-4,11,16H,5-9,15H2,1H3. The fraction of sp³-hybridized carbons (Fsp3) is 0.571. The number of rotatable bonds is 3. The van der Waals surface area contributed by atoms with Crippen molar-refractivity contribution in [1.82, 2.24) is 0 Å². The minimum atomic E-state index is 0.0473. The Bertz CT molecular complexity index is 460. The van der Waals surface area contributed by atoms with Crippen molar-refractivity contribution in [3.05, 3.63) is 18.2 Å². The Morgan fingerprint density at radius 3 is 3.05 bits per heavy atom. The van der Waals surface area contributed by atoms with Gasteiger partial charge in [0.25, 0.3) is 0 Å². The van der Waals surface area contributed by atoms with Crippen molar-refractivity contribution in [2.24, 2.45) is 5.41 Å². The second kappa shape index (κ2) is 4.90. The normalized spacial score (nSPS) is 24.4. The summed E-state index contributed by atoms with van der Waals surface area (Å²) in [4.78, 5) is 0. The summed E-state index contributed by atoms with van der Waals surface area (Å²) in [6.45, 7) is 5.74. The molecule has 1 unspecified atom stereocenters. The number of hydrogen-bond donors (Lipinski definition) is 2. The first-order valence-electron chi connectivity index (χ1n) is 6.60. The van der Waals surface area contributed by atoms with Gasteiger partial charge in [-0.2, -0.15) is 0 Å². The Kier molecular flexibility index (Phi) is 3.24. The predicted octanol–water partition coefficient (Wildman–Crippen LogP) is 1.49. The predicted molar refractivity (Wildman–Crippen MR) is 73.5 cm³/mol. The number of nitrogens with one attached hydrogen (secondary N) is 1. The van der Waals surface area contributed by atoms with E-state index in [4.69, 9.17) is 19.9 Å². The Hall–Kier alpha value is -1.46. The molecular weight excluding hydrogens is 244 g/mol. The van der Waals surface area contributed by atoms with Crippen molar-refractivity contribution < 1.29 is 14.2 Å². The van der Waals surface area contributed by atoms with E-state index in [1.807, 2.05) is 18.2 Å². The zero-order chi connectivity index (χ0) is 13.3. The van der Waals surface area contributed by atoms with Crippen LogP contribution in [0.25, 0.3) is 0 Å². The van der Waals surface area contributed by atoms with Gasteiger partial charge in [-0.1, -0.05) is 6.92 Å². The van der Waals surface area contributed by atoms with Gasteiger partial charge >= 0.3 is 0 Å². The summed E-state index contributed by atoms with van der Waals surface area (Å²) in [6.07, 6.45) is 0.0473. The molecule has 1 fully saturated rings. The van der Waals surface area contributed by atoms with Gasteiger partial charge in [0.2, 0.25) is 0 Å². The van der Waals surface area contributed by atoms with Crippen LogP contribution < -0.4 is 15.8 Å². The van der Waals surface area contributed by atoms with Crippen LogP contribution in [0.15, 0.2) is 18.2 Å². The van der Waals surface area contributed by atoms with Crippen molar-refractivity contribution in [1.29, 1.82) is 0 Å². The lowest BCUT2D eigenvalue weighted by atomic mass is 9.90. The van der Waals surface area contributed by atoms with Crippen LogP contribution >= 0.6 is 0 Å². The van der Waals surface area contributed by atoms with Crippen LogP contribution in [0.5, 0.6) is 5.75 Å². The highest BCUT2D eigenvalue weighted by molar-refractivity contribution is 5.63. The van der Waals surface area contributed by atoms with Gasteiger partial charge in [-0.05, 0) is 18.2 Å². The van der Waals surface area contributed by atoms with Gasteiger partial charge in [0.05, 0.1) is 25.5 Å². The molecule has 2 aliphatic heterocycles. The molecule has 0 aliphatic carbocycles. The Morgan fingerprint density at radius 2 is 2.32 bits per heavy atom. The summed E-state index contributed by atoms with van der Waals surface area (Å²) in [5.41, 5.74) is 7.60. The third kappa shape index (κ3) is 2.77. The molecule has 3 rings (SSSR count). The highest BCUT2D eigenvalue weighted by Gasteiger charge is 2.34. The van der Waals surface area contributed by atoms with Crippen molar-refractivity contribution in [2.75, 3.05) is 44.0 Å². The number of fused-ring (bicyclic) bond motifs is 1. The molecule has 0 amide bonds. The van der Waals surface area contributed by atoms with Crippen LogP contribution in [0.2, 0.25) is 0 Å². The molecule has 0 aromatic heterocycles. The zero-order valence-electron chi connectivity index (χ0n) is 11.1. The molecule has 3 N–H and O–H groups in total. The van der Waals surface area contributed by atoms with Crippen molar-refractivity contribution in [3.8, 4) is 5.75 Å². The minimum absolute atomic E-state index is 0.0473. The second-order valence-electron chi connectivity index (χ2n) is 5.68. The number of benzene rings is 1. The smallest absolute Gasteiger partial charge is 0.142 e. The number of nitrogen functional groups attached to an aromatic ring is 1. The maximum absolute atomic E-state index is 5.93. The van der Waals surface area contributed by atoms with Gasteiger partial charge in [-0.25, -0.2) is 0 Å². The van der Waals surface area contributed by atoms with E-state index >= 15 is 0 Å². The molecule has 0 spiro atoms. The van der Waals surface area contributed by atoms with Crippen LogP contribution in [-0.4, -0.2) is 39.1 Å². The molecule has 0 radical (unpaired) electrons. The lowest BCUT2D eigenvalue weighted by molar-refractivity contribution is -0.149. The van der Waals surface area contributed by atoms with Crippen LogP contribution in [0.3, 0.4) is 0 Å². The number of anilines is 2. The van der Waals surface area contributed by atoms with Gasteiger partial charge in [0.15, 0.2) is 0 Å². The Labute approximate surface area is 113 Å². The molecule has 1 saturated heterocycles. The molecule has 5 nitrogen and oxygen atoms in total. The molecule has 104 valence electrons. The molecule has 1 aromatic rings. The van der Waals surface area contributed by atoms with E-state index in [2.05, 4.69) is 12.2 Å². The number of ether oxygens (including phenoxy) is 3. The van der Waals surface area contributed by atoms with E-state index in [0.717, 1.165) is 36.9 Å². The van der Waals surface area contributed by atoms with E-state index in [-0.39, 0.29) is 11.5 Å². The summed E-state index contributed by atoms with van der Waals surface area (Å²) in [5, 5.41) is 3.33. The van der Waals surface area contributed by atoms with E-state index < -0.39 is 0 Å². The molecule has 0 bridgehead atoms. The summed E-state index contributed by atoms with van der Waals surface area (Å²) in [7, 11) is 0.